The van der Waals surface area contributed by atoms with Crippen LogP contribution in [0.4, 0.5) is 0 Å². The standard InChI is InChI=1S/C24H29N5OS/c1-18-9-7-8-12-22(18)29-20(3)25-26-24(29)31-19(2)23(30)28-15-13-27(14-16-28)17-21-10-5-4-6-11-21/h4-12,19H,13-17H2,1-3H3. The third-order valence-electron chi connectivity index (χ3n) is 5.71. The van der Waals surface area contributed by atoms with E-state index in [2.05, 4.69) is 58.4 Å². The summed E-state index contributed by atoms with van der Waals surface area (Å²) in [4.78, 5) is 17.5. The first kappa shape index (κ1) is 21.6. The highest BCUT2D eigenvalue weighted by Gasteiger charge is 2.27. The molecule has 0 aliphatic carbocycles. The molecule has 0 N–H and O–H groups in total. The molecule has 4 rings (SSSR count). The van der Waals surface area contributed by atoms with Gasteiger partial charge in [0.25, 0.3) is 0 Å². The van der Waals surface area contributed by atoms with Crippen molar-refractivity contribution in [2.24, 2.45) is 0 Å². The lowest BCUT2D eigenvalue weighted by Crippen LogP contribution is -2.50. The zero-order valence-electron chi connectivity index (χ0n) is 18.4. The fraction of sp³-hybridized carbons (Fsp3) is 0.375. The maximum atomic E-state index is 13.1. The van der Waals surface area contributed by atoms with Gasteiger partial charge in [-0.25, -0.2) is 0 Å². The Kier molecular flexibility index (Phi) is 6.73. The lowest BCUT2D eigenvalue weighted by atomic mass is 10.2. The quantitative estimate of drug-likeness (QED) is 0.553. The van der Waals surface area contributed by atoms with Crippen molar-refractivity contribution in [2.75, 3.05) is 26.2 Å². The molecule has 162 valence electrons. The van der Waals surface area contributed by atoms with Gasteiger partial charge in [-0.1, -0.05) is 60.3 Å². The highest BCUT2D eigenvalue weighted by Crippen LogP contribution is 2.28. The van der Waals surface area contributed by atoms with E-state index in [0.29, 0.717) is 0 Å². The topological polar surface area (TPSA) is 54.3 Å². The zero-order chi connectivity index (χ0) is 21.8. The molecule has 2 aromatic carbocycles. The lowest BCUT2D eigenvalue weighted by Gasteiger charge is -2.35. The molecule has 3 aromatic rings. The molecular weight excluding hydrogens is 406 g/mol. The summed E-state index contributed by atoms with van der Waals surface area (Å²) in [5, 5.41) is 9.17. The van der Waals surface area contributed by atoms with E-state index < -0.39 is 0 Å². The molecule has 1 fully saturated rings. The number of benzene rings is 2. The van der Waals surface area contributed by atoms with Crippen LogP contribution in [0.25, 0.3) is 5.69 Å². The van der Waals surface area contributed by atoms with E-state index in [-0.39, 0.29) is 11.2 Å². The van der Waals surface area contributed by atoms with E-state index in [1.165, 1.54) is 17.3 Å². The Bertz CT molecular complexity index is 1030. The summed E-state index contributed by atoms with van der Waals surface area (Å²) in [5.41, 5.74) is 3.53. The van der Waals surface area contributed by atoms with Crippen molar-refractivity contribution in [2.45, 2.75) is 37.7 Å². The number of carbonyl (C=O) groups excluding carboxylic acids is 1. The van der Waals surface area contributed by atoms with Gasteiger partial charge in [-0.05, 0) is 38.0 Å². The number of hydrogen-bond donors (Lipinski definition) is 0. The van der Waals surface area contributed by atoms with E-state index in [9.17, 15) is 4.79 Å². The molecule has 1 unspecified atom stereocenters. The van der Waals surface area contributed by atoms with Gasteiger partial charge in [0.2, 0.25) is 5.91 Å². The fourth-order valence-electron chi connectivity index (χ4n) is 3.94. The van der Waals surface area contributed by atoms with Gasteiger partial charge in [-0.3, -0.25) is 14.3 Å². The molecule has 1 aromatic heterocycles. The molecule has 2 heterocycles. The first-order chi connectivity index (χ1) is 15.0. The lowest BCUT2D eigenvalue weighted by molar-refractivity contribution is -0.132. The number of rotatable bonds is 6. The molecule has 1 amide bonds. The van der Waals surface area contributed by atoms with Crippen LogP contribution >= 0.6 is 11.8 Å². The van der Waals surface area contributed by atoms with Crippen molar-refractivity contribution >= 4 is 17.7 Å². The number of carbonyl (C=O) groups is 1. The summed E-state index contributed by atoms with van der Waals surface area (Å²) in [6.45, 7) is 10.3. The van der Waals surface area contributed by atoms with Crippen molar-refractivity contribution in [3.63, 3.8) is 0 Å². The third-order valence-corrected chi connectivity index (χ3v) is 6.74. The first-order valence-electron chi connectivity index (χ1n) is 10.7. The van der Waals surface area contributed by atoms with E-state index in [1.807, 2.05) is 41.5 Å². The molecule has 31 heavy (non-hydrogen) atoms. The van der Waals surface area contributed by atoms with Crippen molar-refractivity contribution in [3.05, 3.63) is 71.5 Å². The number of para-hydroxylation sites is 1. The van der Waals surface area contributed by atoms with Crippen LogP contribution in [0, 0.1) is 13.8 Å². The Morgan fingerprint density at radius 2 is 1.65 bits per heavy atom. The van der Waals surface area contributed by atoms with Crippen LogP contribution in [0.5, 0.6) is 0 Å². The Hall–Kier alpha value is -2.64. The van der Waals surface area contributed by atoms with Crippen LogP contribution in [-0.2, 0) is 11.3 Å². The Labute approximate surface area is 188 Å². The third kappa shape index (κ3) is 4.99. The normalized spacial score (nSPS) is 15.8. The molecular formula is C24H29N5OS. The average Bonchev–Trinajstić information content (AvgIpc) is 3.14. The summed E-state index contributed by atoms with van der Waals surface area (Å²) in [7, 11) is 0. The van der Waals surface area contributed by atoms with Gasteiger partial charge in [0.05, 0.1) is 10.9 Å². The Balaban J connectivity index is 1.37. The maximum Gasteiger partial charge on any atom is 0.235 e. The summed E-state index contributed by atoms with van der Waals surface area (Å²) in [6.07, 6.45) is 0. The minimum atomic E-state index is -0.216. The number of nitrogens with zero attached hydrogens (tertiary/aromatic N) is 5. The van der Waals surface area contributed by atoms with E-state index in [4.69, 9.17) is 0 Å². The minimum absolute atomic E-state index is 0.168. The van der Waals surface area contributed by atoms with Crippen LogP contribution in [0.2, 0.25) is 0 Å². The van der Waals surface area contributed by atoms with Gasteiger partial charge in [-0.2, -0.15) is 0 Å². The van der Waals surface area contributed by atoms with Crippen molar-refractivity contribution < 1.29 is 4.79 Å². The second kappa shape index (κ2) is 9.66. The molecule has 1 saturated heterocycles. The first-order valence-corrected chi connectivity index (χ1v) is 11.6. The number of amides is 1. The fourth-order valence-corrected chi connectivity index (χ4v) is 4.93. The monoisotopic (exact) mass is 435 g/mol. The predicted octanol–water partition coefficient (Wildman–Crippen LogP) is 3.71. The van der Waals surface area contributed by atoms with E-state index >= 15 is 0 Å². The van der Waals surface area contributed by atoms with Crippen LogP contribution in [-0.4, -0.2) is 61.9 Å². The molecule has 1 aliphatic heterocycles. The molecule has 0 bridgehead atoms. The van der Waals surface area contributed by atoms with E-state index in [0.717, 1.165) is 55.0 Å². The predicted molar refractivity (Wildman–Crippen MR) is 124 cm³/mol. The second-order valence-electron chi connectivity index (χ2n) is 8.00. The van der Waals surface area contributed by atoms with Gasteiger partial charge in [-0.15, -0.1) is 10.2 Å². The molecule has 0 saturated carbocycles. The number of aryl methyl sites for hydroxylation is 2. The second-order valence-corrected chi connectivity index (χ2v) is 9.31. The summed E-state index contributed by atoms with van der Waals surface area (Å²) in [5.74, 6) is 0.993. The van der Waals surface area contributed by atoms with Crippen LogP contribution in [0.1, 0.15) is 23.9 Å². The van der Waals surface area contributed by atoms with Crippen LogP contribution < -0.4 is 0 Å². The molecule has 0 radical (unpaired) electrons. The average molecular weight is 436 g/mol. The molecule has 6 nitrogen and oxygen atoms in total. The zero-order valence-corrected chi connectivity index (χ0v) is 19.2. The van der Waals surface area contributed by atoms with Gasteiger partial charge in [0.1, 0.15) is 5.82 Å². The minimum Gasteiger partial charge on any atom is -0.339 e. The number of hydrogen-bond acceptors (Lipinski definition) is 5. The van der Waals surface area contributed by atoms with Crippen LogP contribution in [0.15, 0.2) is 59.8 Å². The van der Waals surface area contributed by atoms with Gasteiger partial charge >= 0.3 is 0 Å². The van der Waals surface area contributed by atoms with Gasteiger partial charge in [0.15, 0.2) is 5.16 Å². The van der Waals surface area contributed by atoms with Gasteiger partial charge in [0, 0.05) is 32.7 Å². The molecule has 1 aliphatic rings. The van der Waals surface area contributed by atoms with Crippen molar-refractivity contribution in [3.8, 4) is 5.69 Å². The number of aromatic nitrogens is 3. The maximum absolute atomic E-state index is 13.1. The summed E-state index contributed by atoms with van der Waals surface area (Å²) in [6, 6.07) is 18.7. The van der Waals surface area contributed by atoms with Crippen molar-refractivity contribution in [1.29, 1.82) is 0 Å². The Morgan fingerprint density at radius 3 is 2.35 bits per heavy atom. The highest BCUT2D eigenvalue weighted by atomic mass is 32.2. The van der Waals surface area contributed by atoms with Crippen LogP contribution in [0.3, 0.4) is 0 Å². The van der Waals surface area contributed by atoms with Crippen molar-refractivity contribution in [1.82, 2.24) is 24.6 Å². The molecule has 0 spiro atoms. The summed E-state index contributed by atoms with van der Waals surface area (Å²) < 4.78 is 2.04. The molecule has 7 heteroatoms. The SMILES string of the molecule is Cc1ccccc1-n1c(C)nnc1SC(C)C(=O)N1CCN(Cc2ccccc2)CC1. The Morgan fingerprint density at radius 1 is 0.968 bits per heavy atom. The molecule has 1 atom stereocenters. The smallest absolute Gasteiger partial charge is 0.235 e. The summed E-state index contributed by atoms with van der Waals surface area (Å²) >= 11 is 1.48. The number of piperazine rings is 1. The number of thioether (sulfide) groups is 1. The largest absolute Gasteiger partial charge is 0.339 e. The highest BCUT2D eigenvalue weighted by molar-refractivity contribution is 8.00. The van der Waals surface area contributed by atoms with Gasteiger partial charge < -0.3 is 4.90 Å². The van der Waals surface area contributed by atoms with E-state index in [1.54, 1.807) is 0 Å².